The van der Waals surface area contributed by atoms with Gasteiger partial charge >= 0.3 is 0 Å². The number of benzene rings is 1. The first kappa shape index (κ1) is 20.9. The number of hydrogen-bond acceptors (Lipinski definition) is 10. The van der Waals surface area contributed by atoms with Crippen molar-refractivity contribution in [3.05, 3.63) is 59.1 Å². The minimum Gasteiger partial charge on any atom is -0.491 e. The third-order valence-electron chi connectivity index (χ3n) is 5.54. The van der Waals surface area contributed by atoms with Gasteiger partial charge in [0.05, 0.1) is 25.5 Å². The highest BCUT2D eigenvalue weighted by atomic mass is 32.1. The molecule has 0 spiro atoms. The Bertz CT molecular complexity index is 1300. The van der Waals surface area contributed by atoms with E-state index in [0.717, 1.165) is 19.4 Å². The van der Waals surface area contributed by atoms with Crippen LogP contribution in [0.5, 0.6) is 5.75 Å². The number of oxazole rings is 1. The van der Waals surface area contributed by atoms with Gasteiger partial charge in [0.15, 0.2) is 34.5 Å². The van der Waals surface area contributed by atoms with E-state index in [2.05, 4.69) is 57.4 Å². The van der Waals surface area contributed by atoms with Crippen LogP contribution in [0.2, 0.25) is 0 Å². The van der Waals surface area contributed by atoms with Crippen molar-refractivity contribution in [3.8, 4) is 23.3 Å². The van der Waals surface area contributed by atoms with Gasteiger partial charge in [-0.1, -0.05) is 41.2 Å². The van der Waals surface area contributed by atoms with Crippen LogP contribution in [0, 0.1) is 18.3 Å². The zero-order chi connectivity index (χ0) is 22.8. The minimum absolute atomic E-state index is 0.166. The Morgan fingerprint density at radius 2 is 2.09 bits per heavy atom. The summed E-state index contributed by atoms with van der Waals surface area (Å²) in [4.78, 5) is 20.7. The summed E-state index contributed by atoms with van der Waals surface area (Å²) in [6.45, 7) is 2.91. The van der Waals surface area contributed by atoms with Crippen molar-refractivity contribution in [1.29, 1.82) is 5.26 Å². The monoisotopic (exact) mass is 459 g/mol. The van der Waals surface area contributed by atoms with E-state index in [1.807, 2.05) is 0 Å². The first-order valence-corrected chi connectivity index (χ1v) is 11.3. The van der Waals surface area contributed by atoms with Crippen molar-refractivity contribution >= 4 is 28.2 Å². The Labute approximate surface area is 194 Å². The summed E-state index contributed by atoms with van der Waals surface area (Å²) >= 11 is 1.24. The lowest BCUT2D eigenvalue weighted by molar-refractivity contribution is 0.412. The van der Waals surface area contributed by atoms with Crippen LogP contribution in [0.1, 0.15) is 34.9 Å². The number of rotatable bonds is 6. The molecule has 0 amide bonds. The lowest BCUT2D eigenvalue weighted by atomic mass is 10.0. The molecule has 1 atom stereocenters. The fraction of sp³-hybridized carbons (Fsp3) is 0.261. The maximum absolute atomic E-state index is 9.15. The minimum atomic E-state index is 0.166. The Balaban J connectivity index is 1.60. The fourth-order valence-electron chi connectivity index (χ4n) is 3.97. The van der Waals surface area contributed by atoms with Crippen molar-refractivity contribution in [2.75, 3.05) is 23.9 Å². The van der Waals surface area contributed by atoms with Crippen molar-refractivity contribution in [2.45, 2.75) is 25.8 Å². The van der Waals surface area contributed by atoms with Crippen molar-refractivity contribution in [3.63, 3.8) is 0 Å². The van der Waals surface area contributed by atoms with Crippen LogP contribution >= 0.6 is 11.3 Å². The van der Waals surface area contributed by atoms with Gasteiger partial charge in [0.1, 0.15) is 10.9 Å². The molecule has 10 heteroatoms. The maximum atomic E-state index is 9.15. The number of anilines is 3. The number of thiazole rings is 1. The molecule has 4 heterocycles. The van der Waals surface area contributed by atoms with Crippen molar-refractivity contribution in [1.82, 2.24) is 19.9 Å². The second-order valence-corrected chi connectivity index (χ2v) is 8.68. The Morgan fingerprint density at radius 3 is 2.79 bits per heavy atom. The molecule has 1 fully saturated rings. The SMILES string of the molecule is COc1c(Nc2ncc(C#N)s2)nc(N2CCCC2c2ccc(C)cc2)nc1-c1cnco1. The van der Waals surface area contributed by atoms with Crippen LogP contribution in [0.15, 0.2) is 47.5 Å². The molecule has 166 valence electrons. The predicted octanol–water partition coefficient (Wildman–Crippen LogP) is 4.86. The highest BCUT2D eigenvalue weighted by molar-refractivity contribution is 7.16. The molecule has 33 heavy (non-hydrogen) atoms. The van der Waals surface area contributed by atoms with Crippen LogP contribution in [-0.2, 0) is 0 Å². The molecule has 1 aromatic carbocycles. The highest BCUT2D eigenvalue weighted by Crippen LogP contribution is 2.41. The van der Waals surface area contributed by atoms with Gasteiger partial charge in [-0.05, 0) is 25.3 Å². The van der Waals surface area contributed by atoms with Gasteiger partial charge < -0.3 is 19.4 Å². The molecule has 1 aliphatic heterocycles. The van der Waals surface area contributed by atoms with E-state index >= 15 is 0 Å². The largest absolute Gasteiger partial charge is 0.491 e. The normalized spacial score (nSPS) is 15.4. The fourth-order valence-corrected chi connectivity index (χ4v) is 4.58. The van der Waals surface area contributed by atoms with Gasteiger partial charge in [-0.15, -0.1) is 0 Å². The summed E-state index contributed by atoms with van der Waals surface area (Å²) in [5.41, 5.74) is 2.95. The molecule has 9 nitrogen and oxygen atoms in total. The number of aryl methyl sites for hydroxylation is 1. The summed E-state index contributed by atoms with van der Waals surface area (Å²) in [6, 6.07) is 10.9. The predicted molar refractivity (Wildman–Crippen MR) is 125 cm³/mol. The molecule has 1 unspecified atom stereocenters. The third-order valence-corrected chi connectivity index (χ3v) is 6.35. The second kappa shape index (κ2) is 8.88. The molecule has 1 N–H and O–H groups in total. The van der Waals surface area contributed by atoms with Gasteiger partial charge in [0, 0.05) is 6.54 Å². The molecule has 3 aromatic heterocycles. The summed E-state index contributed by atoms with van der Waals surface area (Å²) in [5, 5.41) is 12.9. The molecule has 0 saturated carbocycles. The molecular weight excluding hydrogens is 438 g/mol. The molecule has 1 aliphatic rings. The van der Waals surface area contributed by atoms with E-state index in [9.17, 15) is 0 Å². The Kier molecular flexibility index (Phi) is 5.62. The van der Waals surface area contributed by atoms with Gasteiger partial charge in [-0.3, -0.25) is 0 Å². The number of hydrogen-bond donors (Lipinski definition) is 1. The maximum Gasteiger partial charge on any atom is 0.228 e. The van der Waals surface area contributed by atoms with Crippen LogP contribution in [0.3, 0.4) is 0 Å². The lowest BCUT2D eigenvalue weighted by Crippen LogP contribution is -2.25. The third kappa shape index (κ3) is 4.10. The highest BCUT2D eigenvalue weighted by Gasteiger charge is 2.30. The molecule has 0 bridgehead atoms. The van der Waals surface area contributed by atoms with Gasteiger partial charge in [-0.2, -0.15) is 10.2 Å². The zero-order valence-electron chi connectivity index (χ0n) is 18.1. The van der Waals surface area contributed by atoms with E-state index in [0.29, 0.717) is 39.0 Å². The number of aromatic nitrogens is 4. The number of methoxy groups -OCH3 is 1. The average molecular weight is 460 g/mol. The molecular formula is C23H21N7O2S. The van der Waals surface area contributed by atoms with Crippen LogP contribution in [0.25, 0.3) is 11.5 Å². The molecule has 0 radical (unpaired) electrons. The topological polar surface area (TPSA) is 113 Å². The molecule has 5 rings (SSSR count). The van der Waals surface area contributed by atoms with Crippen molar-refractivity contribution < 1.29 is 9.15 Å². The summed E-state index contributed by atoms with van der Waals surface area (Å²) in [5.74, 6) is 1.89. The van der Waals surface area contributed by atoms with Gasteiger partial charge in [-0.25, -0.2) is 15.0 Å². The average Bonchev–Trinajstić information content (AvgIpc) is 3.61. The summed E-state index contributed by atoms with van der Waals surface area (Å²) < 4.78 is 11.2. The zero-order valence-corrected chi connectivity index (χ0v) is 19.0. The standard InChI is InChI=1S/C23H21N7O2S/c1-14-5-7-15(8-6-14)17-4-3-9-30(17)22-27-19(18-12-25-13-32-18)20(31-2)21(28-22)29-23-26-11-16(10-24)33-23/h5-8,11-13,17H,3-4,9H2,1-2H3,(H,26,27,28,29). The van der Waals surface area contributed by atoms with E-state index in [-0.39, 0.29) is 6.04 Å². The lowest BCUT2D eigenvalue weighted by Gasteiger charge is -2.26. The van der Waals surface area contributed by atoms with E-state index in [4.69, 9.17) is 24.4 Å². The van der Waals surface area contributed by atoms with Crippen LogP contribution in [-0.4, -0.2) is 33.6 Å². The van der Waals surface area contributed by atoms with Crippen molar-refractivity contribution in [2.24, 2.45) is 0 Å². The van der Waals surface area contributed by atoms with Gasteiger partial charge in [0.25, 0.3) is 0 Å². The van der Waals surface area contributed by atoms with Crippen LogP contribution < -0.4 is 15.0 Å². The van der Waals surface area contributed by atoms with E-state index < -0.39 is 0 Å². The number of ether oxygens (including phenoxy) is 1. The summed E-state index contributed by atoms with van der Waals surface area (Å²) in [6.07, 6.45) is 6.52. The smallest absolute Gasteiger partial charge is 0.228 e. The second-order valence-electron chi connectivity index (χ2n) is 7.65. The first-order chi connectivity index (χ1) is 16.2. The number of nitrogens with one attached hydrogen (secondary N) is 1. The quantitative estimate of drug-likeness (QED) is 0.432. The molecule has 0 aliphatic carbocycles. The molecule has 4 aromatic rings. The van der Waals surface area contributed by atoms with Crippen LogP contribution in [0.4, 0.5) is 16.9 Å². The number of nitriles is 1. The van der Waals surface area contributed by atoms with E-state index in [1.54, 1.807) is 13.3 Å². The van der Waals surface area contributed by atoms with E-state index in [1.165, 1.54) is 35.1 Å². The molecule has 1 saturated heterocycles. The summed E-state index contributed by atoms with van der Waals surface area (Å²) in [7, 11) is 1.55. The number of nitrogens with zero attached hydrogens (tertiary/aromatic N) is 6. The first-order valence-electron chi connectivity index (χ1n) is 10.5. The Hall–Kier alpha value is -3.97. The van der Waals surface area contributed by atoms with Gasteiger partial charge in [0.2, 0.25) is 5.95 Å². The Morgan fingerprint density at radius 1 is 1.24 bits per heavy atom.